The summed E-state index contributed by atoms with van der Waals surface area (Å²) in [5.74, 6) is -0.194. The molecule has 0 radical (unpaired) electrons. The van der Waals surface area contributed by atoms with Crippen molar-refractivity contribution in [3.63, 3.8) is 0 Å². The van der Waals surface area contributed by atoms with Crippen LogP contribution < -0.4 is 4.74 Å². The Balaban J connectivity index is 1.65. The number of halogens is 1. The van der Waals surface area contributed by atoms with Crippen molar-refractivity contribution in [1.82, 2.24) is 9.80 Å². The van der Waals surface area contributed by atoms with E-state index in [4.69, 9.17) is 4.74 Å². The van der Waals surface area contributed by atoms with Gasteiger partial charge in [-0.1, -0.05) is 30.3 Å². The van der Waals surface area contributed by atoms with Crippen LogP contribution in [-0.2, 0) is 10.2 Å². The largest absolute Gasteiger partial charge is 0.494 e. The molecule has 3 aromatic rings. The molecule has 182 valence electrons. The first-order valence-corrected chi connectivity index (χ1v) is 12.0. The average molecular weight is 474 g/mol. The predicted octanol–water partition coefficient (Wildman–Crippen LogP) is 5.43. The summed E-state index contributed by atoms with van der Waals surface area (Å²) < 4.78 is 19.8. The first-order valence-electron chi connectivity index (χ1n) is 12.0. The highest BCUT2D eigenvalue weighted by molar-refractivity contribution is 5.88. The van der Waals surface area contributed by atoms with E-state index < -0.39 is 11.2 Å². The Morgan fingerprint density at radius 2 is 1.91 bits per heavy atom. The standard InChI is InChI=1S/C29H32FN3O2/c1-20(25-16-21(19-31)15-22-7-5-6-8-24(22)25)33(3)28(34)18-29(11-13-32(2)14-12-29)23-9-10-27(35-4)26(30)17-23/h5-10,15-17,20H,11-14,18H2,1-4H3. The van der Waals surface area contributed by atoms with Crippen molar-refractivity contribution in [1.29, 1.82) is 5.26 Å². The smallest absolute Gasteiger partial charge is 0.223 e. The monoisotopic (exact) mass is 473 g/mol. The third-order valence-corrected chi connectivity index (χ3v) is 7.65. The third kappa shape index (κ3) is 4.87. The second-order valence-corrected chi connectivity index (χ2v) is 9.69. The molecule has 4 rings (SSSR count). The number of carbonyl (C=O) groups is 1. The van der Waals surface area contributed by atoms with Gasteiger partial charge in [-0.3, -0.25) is 4.79 Å². The van der Waals surface area contributed by atoms with Gasteiger partial charge >= 0.3 is 0 Å². The van der Waals surface area contributed by atoms with Gasteiger partial charge in [-0.05, 0) is 86.1 Å². The summed E-state index contributed by atoms with van der Waals surface area (Å²) in [5, 5.41) is 11.5. The van der Waals surface area contributed by atoms with E-state index in [2.05, 4.69) is 18.0 Å². The highest BCUT2D eigenvalue weighted by Crippen LogP contribution is 2.41. The number of hydrogen-bond acceptors (Lipinski definition) is 4. The molecule has 1 unspecified atom stereocenters. The normalized spacial score (nSPS) is 16.5. The van der Waals surface area contributed by atoms with E-state index in [1.54, 1.807) is 11.0 Å². The molecule has 1 amide bonds. The minimum atomic E-state index is -0.443. The molecule has 1 saturated heterocycles. The molecule has 0 aromatic heterocycles. The maximum absolute atomic E-state index is 14.7. The number of carbonyl (C=O) groups excluding carboxylic acids is 1. The van der Waals surface area contributed by atoms with E-state index >= 15 is 0 Å². The van der Waals surface area contributed by atoms with Crippen molar-refractivity contribution in [2.45, 2.75) is 37.6 Å². The molecule has 1 aliphatic heterocycles. The molecule has 0 N–H and O–H groups in total. The Hall–Kier alpha value is -3.43. The second kappa shape index (κ2) is 10.1. The molecule has 0 spiro atoms. The lowest BCUT2D eigenvalue weighted by atomic mass is 9.70. The van der Waals surface area contributed by atoms with Gasteiger partial charge in [0.15, 0.2) is 11.6 Å². The van der Waals surface area contributed by atoms with Crippen LogP contribution in [0.4, 0.5) is 4.39 Å². The topological polar surface area (TPSA) is 56.6 Å². The minimum absolute atomic E-state index is 0.00437. The molecule has 0 saturated carbocycles. The maximum Gasteiger partial charge on any atom is 0.223 e. The van der Waals surface area contributed by atoms with Gasteiger partial charge in [0.25, 0.3) is 0 Å². The number of fused-ring (bicyclic) bond motifs is 1. The van der Waals surface area contributed by atoms with Gasteiger partial charge in [0.2, 0.25) is 5.91 Å². The van der Waals surface area contributed by atoms with Crippen LogP contribution in [0.2, 0.25) is 0 Å². The van der Waals surface area contributed by atoms with Gasteiger partial charge in [-0.25, -0.2) is 4.39 Å². The van der Waals surface area contributed by atoms with Crippen molar-refractivity contribution in [3.8, 4) is 11.8 Å². The van der Waals surface area contributed by atoms with E-state index in [9.17, 15) is 14.4 Å². The van der Waals surface area contributed by atoms with Crippen molar-refractivity contribution >= 4 is 16.7 Å². The second-order valence-electron chi connectivity index (χ2n) is 9.69. The summed E-state index contributed by atoms with van der Waals surface area (Å²) in [5.41, 5.74) is 1.92. The molecule has 1 atom stereocenters. The summed E-state index contributed by atoms with van der Waals surface area (Å²) in [6.07, 6.45) is 1.84. The zero-order chi connectivity index (χ0) is 25.2. The van der Waals surface area contributed by atoms with Crippen LogP contribution in [-0.4, -0.2) is 50.0 Å². The number of amides is 1. The maximum atomic E-state index is 14.7. The summed E-state index contributed by atoms with van der Waals surface area (Å²) in [7, 11) is 5.34. The molecule has 1 heterocycles. The summed E-state index contributed by atoms with van der Waals surface area (Å²) in [6.45, 7) is 3.68. The van der Waals surface area contributed by atoms with E-state index in [1.165, 1.54) is 13.2 Å². The van der Waals surface area contributed by atoms with Gasteiger partial charge in [0.1, 0.15) is 0 Å². The zero-order valence-corrected chi connectivity index (χ0v) is 20.8. The summed E-state index contributed by atoms with van der Waals surface area (Å²) in [4.78, 5) is 17.7. The number of likely N-dealkylation sites (tertiary alicyclic amines) is 1. The Morgan fingerprint density at radius 1 is 1.20 bits per heavy atom. The lowest BCUT2D eigenvalue weighted by Gasteiger charge is -2.42. The van der Waals surface area contributed by atoms with Crippen molar-refractivity contribution in [2.75, 3.05) is 34.3 Å². The first-order chi connectivity index (χ1) is 16.8. The number of ether oxygens (including phenoxy) is 1. The van der Waals surface area contributed by atoms with Crippen LogP contribution in [0.5, 0.6) is 5.75 Å². The predicted molar refractivity (Wildman–Crippen MR) is 136 cm³/mol. The van der Waals surface area contributed by atoms with Crippen LogP contribution in [0, 0.1) is 17.1 Å². The number of benzene rings is 3. The average Bonchev–Trinajstić information content (AvgIpc) is 2.88. The molecule has 35 heavy (non-hydrogen) atoms. The summed E-state index contributed by atoms with van der Waals surface area (Å²) in [6, 6.07) is 18.8. The van der Waals surface area contributed by atoms with Crippen LogP contribution >= 0.6 is 0 Å². The molecule has 0 aliphatic carbocycles. The molecule has 6 heteroatoms. The molecular formula is C29H32FN3O2. The fraction of sp³-hybridized carbons (Fsp3) is 0.379. The van der Waals surface area contributed by atoms with Crippen LogP contribution in [0.25, 0.3) is 10.8 Å². The lowest BCUT2D eigenvalue weighted by molar-refractivity contribution is -0.133. The van der Waals surface area contributed by atoms with Gasteiger partial charge < -0.3 is 14.5 Å². The highest BCUT2D eigenvalue weighted by Gasteiger charge is 2.39. The SMILES string of the molecule is COc1ccc(C2(CC(=O)N(C)C(C)c3cc(C#N)cc4ccccc34)CCN(C)CC2)cc1F. The quantitative estimate of drug-likeness (QED) is 0.479. The molecule has 3 aromatic carbocycles. The third-order valence-electron chi connectivity index (χ3n) is 7.65. The van der Waals surface area contributed by atoms with Gasteiger partial charge in [-0.2, -0.15) is 5.26 Å². The van der Waals surface area contributed by atoms with E-state index in [-0.39, 0.29) is 17.7 Å². The van der Waals surface area contributed by atoms with Crippen molar-refractivity contribution in [2.24, 2.45) is 0 Å². The van der Waals surface area contributed by atoms with Crippen LogP contribution in [0.3, 0.4) is 0 Å². The number of methoxy groups -OCH3 is 1. The van der Waals surface area contributed by atoms with Gasteiger partial charge in [0, 0.05) is 18.9 Å². The van der Waals surface area contributed by atoms with Crippen molar-refractivity contribution in [3.05, 3.63) is 77.1 Å². The molecule has 1 fully saturated rings. The van der Waals surface area contributed by atoms with Gasteiger partial charge in [-0.15, -0.1) is 0 Å². The van der Waals surface area contributed by atoms with E-state index in [0.717, 1.165) is 47.8 Å². The molecule has 1 aliphatic rings. The molecule has 5 nitrogen and oxygen atoms in total. The fourth-order valence-corrected chi connectivity index (χ4v) is 5.20. The number of rotatable bonds is 6. The molecular weight excluding hydrogens is 441 g/mol. The number of hydrogen-bond donors (Lipinski definition) is 0. The Morgan fingerprint density at radius 3 is 2.57 bits per heavy atom. The van der Waals surface area contributed by atoms with Crippen molar-refractivity contribution < 1.29 is 13.9 Å². The minimum Gasteiger partial charge on any atom is -0.494 e. The number of piperidine rings is 1. The Bertz CT molecular complexity index is 1270. The van der Waals surface area contributed by atoms with Gasteiger partial charge in [0.05, 0.1) is 24.8 Å². The van der Waals surface area contributed by atoms with E-state index in [1.807, 2.05) is 56.4 Å². The fourth-order valence-electron chi connectivity index (χ4n) is 5.20. The van der Waals surface area contributed by atoms with Crippen LogP contribution in [0.1, 0.15) is 48.9 Å². The number of nitrogens with zero attached hydrogens (tertiary/aromatic N) is 3. The van der Waals surface area contributed by atoms with Crippen LogP contribution in [0.15, 0.2) is 54.6 Å². The molecule has 0 bridgehead atoms. The Kier molecular flexibility index (Phi) is 7.09. The summed E-state index contributed by atoms with van der Waals surface area (Å²) >= 11 is 0. The van der Waals surface area contributed by atoms with E-state index in [0.29, 0.717) is 12.0 Å². The Labute approximate surface area is 206 Å². The zero-order valence-electron chi connectivity index (χ0n) is 20.8. The lowest BCUT2D eigenvalue weighted by Crippen LogP contribution is -2.44. The first kappa shape index (κ1) is 24.7. The highest BCUT2D eigenvalue weighted by atomic mass is 19.1. The number of nitriles is 1.